The van der Waals surface area contributed by atoms with Crippen LogP contribution in [-0.2, 0) is 0 Å². The lowest BCUT2D eigenvalue weighted by atomic mass is 9.92. The Morgan fingerprint density at radius 2 is 2.17 bits per heavy atom. The summed E-state index contributed by atoms with van der Waals surface area (Å²) in [7, 11) is 0. The third-order valence-corrected chi connectivity index (χ3v) is 2.98. The third kappa shape index (κ3) is 2.44. The molecule has 1 N–H and O–H groups in total. The Bertz CT molecular complexity index is 126. The van der Waals surface area contributed by atoms with Gasteiger partial charge in [-0.3, -0.25) is 0 Å². The van der Waals surface area contributed by atoms with Crippen molar-refractivity contribution in [2.24, 2.45) is 0 Å². The minimum atomic E-state index is -1.01. The molecular formula is C10H20FN. The van der Waals surface area contributed by atoms with Gasteiger partial charge in [0.1, 0.15) is 5.67 Å². The monoisotopic (exact) mass is 173 g/mol. The van der Waals surface area contributed by atoms with Gasteiger partial charge in [-0.05, 0) is 32.7 Å². The predicted molar refractivity (Wildman–Crippen MR) is 50.1 cm³/mol. The van der Waals surface area contributed by atoms with Crippen LogP contribution < -0.4 is 5.32 Å². The lowest BCUT2D eigenvalue weighted by Crippen LogP contribution is -2.44. The number of halogens is 1. The van der Waals surface area contributed by atoms with Crippen molar-refractivity contribution in [3.8, 4) is 0 Å². The summed E-state index contributed by atoms with van der Waals surface area (Å²) in [5.41, 5.74) is -1.01. The average Bonchev–Trinajstić information content (AvgIpc) is 2.32. The van der Waals surface area contributed by atoms with Crippen LogP contribution in [0.25, 0.3) is 0 Å². The van der Waals surface area contributed by atoms with Crippen molar-refractivity contribution in [1.29, 1.82) is 0 Å². The van der Waals surface area contributed by atoms with Gasteiger partial charge in [-0.25, -0.2) is 4.39 Å². The van der Waals surface area contributed by atoms with Crippen LogP contribution in [-0.4, -0.2) is 18.3 Å². The third-order valence-electron chi connectivity index (χ3n) is 2.98. The highest BCUT2D eigenvalue weighted by Crippen LogP contribution is 2.25. The van der Waals surface area contributed by atoms with E-state index in [0.717, 1.165) is 13.0 Å². The van der Waals surface area contributed by atoms with Crippen LogP contribution in [0.5, 0.6) is 0 Å². The second-order valence-electron chi connectivity index (χ2n) is 3.99. The van der Waals surface area contributed by atoms with Crippen molar-refractivity contribution in [3.05, 3.63) is 0 Å². The minimum absolute atomic E-state index is 0.0880. The molecule has 2 atom stereocenters. The molecule has 1 aliphatic heterocycles. The number of nitrogens with one attached hydrogen (secondary N) is 1. The smallest absolute Gasteiger partial charge is 0.123 e. The van der Waals surface area contributed by atoms with Crippen molar-refractivity contribution >= 4 is 0 Å². The van der Waals surface area contributed by atoms with Gasteiger partial charge in [-0.15, -0.1) is 0 Å². The van der Waals surface area contributed by atoms with Crippen LogP contribution in [0.3, 0.4) is 0 Å². The van der Waals surface area contributed by atoms with E-state index in [9.17, 15) is 4.39 Å². The zero-order valence-corrected chi connectivity index (χ0v) is 8.20. The van der Waals surface area contributed by atoms with Gasteiger partial charge in [0, 0.05) is 6.04 Å². The number of hydrogen-bond acceptors (Lipinski definition) is 1. The first-order chi connectivity index (χ1) is 5.67. The Morgan fingerprint density at radius 1 is 1.42 bits per heavy atom. The summed E-state index contributed by atoms with van der Waals surface area (Å²) in [6.07, 6.45) is 5.25. The van der Waals surface area contributed by atoms with E-state index in [0.29, 0.717) is 6.42 Å². The second-order valence-corrected chi connectivity index (χ2v) is 3.99. The first kappa shape index (κ1) is 9.97. The lowest BCUT2D eigenvalue weighted by Gasteiger charge is -2.29. The summed E-state index contributed by atoms with van der Waals surface area (Å²) in [6, 6.07) is 0.0880. The Hall–Kier alpha value is -0.110. The topological polar surface area (TPSA) is 12.0 Å². The van der Waals surface area contributed by atoms with E-state index in [2.05, 4.69) is 5.32 Å². The van der Waals surface area contributed by atoms with E-state index < -0.39 is 5.67 Å². The molecule has 12 heavy (non-hydrogen) atoms. The molecule has 72 valence electrons. The first-order valence-corrected chi connectivity index (χ1v) is 5.09. The largest absolute Gasteiger partial charge is 0.311 e. The van der Waals surface area contributed by atoms with Gasteiger partial charge in [0.15, 0.2) is 0 Å². The molecule has 1 rings (SSSR count). The Balaban J connectivity index is 2.47. The fraction of sp³-hybridized carbons (Fsp3) is 1.00. The summed E-state index contributed by atoms with van der Waals surface area (Å²) in [6.45, 7) is 4.63. The van der Waals surface area contributed by atoms with Crippen LogP contribution in [0.2, 0.25) is 0 Å². The molecule has 0 saturated carbocycles. The maximum atomic E-state index is 13.8. The normalized spacial score (nSPS) is 30.8. The van der Waals surface area contributed by atoms with Crippen LogP contribution in [0.15, 0.2) is 0 Å². The molecule has 0 spiro atoms. The van der Waals surface area contributed by atoms with E-state index >= 15 is 0 Å². The minimum Gasteiger partial charge on any atom is -0.311 e. The second kappa shape index (κ2) is 4.22. The summed E-state index contributed by atoms with van der Waals surface area (Å²) in [5, 5.41) is 3.30. The SMILES string of the molecule is CCC(C)(F)C1CCCCCN1. The highest BCUT2D eigenvalue weighted by molar-refractivity contribution is 4.88. The molecule has 0 aromatic heterocycles. The van der Waals surface area contributed by atoms with Crippen LogP contribution in [0.4, 0.5) is 4.39 Å². The average molecular weight is 173 g/mol. The van der Waals surface area contributed by atoms with E-state index in [1.807, 2.05) is 6.92 Å². The Kier molecular flexibility index (Phi) is 3.51. The molecular weight excluding hydrogens is 153 g/mol. The Labute approximate surface area is 74.7 Å². The highest BCUT2D eigenvalue weighted by atomic mass is 19.1. The molecule has 1 aliphatic rings. The zero-order chi connectivity index (χ0) is 9.03. The van der Waals surface area contributed by atoms with Crippen molar-refractivity contribution in [1.82, 2.24) is 5.32 Å². The molecule has 0 aromatic carbocycles. The highest BCUT2D eigenvalue weighted by Gasteiger charge is 2.32. The van der Waals surface area contributed by atoms with Gasteiger partial charge in [0.2, 0.25) is 0 Å². The maximum Gasteiger partial charge on any atom is 0.123 e. The molecule has 0 bridgehead atoms. The Morgan fingerprint density at radius 3 is 2.83 bits per heavy atom. The van der Waals surface area contributed by atoms with Gasteiger partial charge in [-0.2, -0.15) is 0 Å². The fourth-order valence-corrected chi connectivity index (χ4v) is 1.79. The zero-order valence-electron chi connectivity index (χ0n) is 8.20. The maximum absolute atomic E-state index is 13.8. The first-order valence-electron chi connectivity index (χ1n) is 5.09. The van der Waals surface area contributed by atoms with E-state index in [1.54, 1.807) is 6.92 Å². The van der Waals surface area contributed by atoms with Crippen LogP contribution in [0.1, 0.15) is 46.0 Å². The van der Waals surface area contributed by atoms with Gasteiger partial charge in [0.25, 0.3) is 0 Å². The predicted octanol–water partition coefficient (Wildman–Crippen LogP) is 2.66. The molecule has 1 saturated heterocycles. The molecule has 1 nitrogen and oxygen atoms in total. The van der Waals surface area contributed by atoms with Crippen molar-refractivity contribution in [2.75, 3.05) is 6.54 Å². The molecule has 0 amide bonds. The number of alkyl halides is 1. The molecule has 1 heterocycles. The quantitative estimate of drug-likeness (QED) is 0.677. The fourth-order valence-electron chi connectivity index (χ4n) is 1.79. The molecule has 0 radical (unpaired) electrons. The summed E-state index contributed by atoms with van der Waals surface area (Å²) < 4.78 is 13.8. The number of rotatable bonds is 2. The van der Waals surface area contributed by atoms with Crippen molar-refractivity contribution in [3.63, 3.8) is 0 Å². The van der Waals surface area contributed by atoms with E-state index in [4.69, 9.17) is 0 Å². The summed E-state index contributed by atoms with van der Waals surface area (Å²) in [5.74, 6) is 0. The van der Waals surface area contributed by atoms with Crippen LogP contribution in [0, 0.1) is 0 Å². The molecule has 0 aliphatic carbocycles. The molecule has 0 aromatic rings. The van der Waals surface area contributed by atoms with Gasteiger partial charge >= 0.3 is 0 Å². The van der Waals surface area contributed by atoms with Gasteiger partial charge in [0.05, 0.1) is 0 Å². The van der Waals surface area contributed by atoms with Crippen LogP contribution >= 0.6 is 0 Å². The molecule has 2 heteroatoms. The molecule has 2 unspecified atom stereocenters. The van der Waals surface area contributed by atoms with Gasteiger partial charge < -0.3 is 5.32 Å². The van der Waals surface area contributed by atoms with Gasteiger partial charge in [-0.1, -0.05) is 19.8 Å². The van der Waals surface area contributed by atoms with Crippen molar-refractivity contribution in [2.45, 2.75) is 57.7 Å². The van der Waals surface area contributed by atoms with E-state index in [1.165, 1.54) is 19.3 Å². The lowest BCUT2D eigenvalue weighted by molar-refractivity contribution is 0.118. The summed E-state index contributed by atoms with van der Waals surface area (Å²) >= 11 is 0. The van der Waals surface area contributed by atoms with E-state index in [-0.39, 0.29) is 6.04 Å². The standard InChI is InChI=1S/C10H20FN/c1-3-10(2,11)9-7-5-4-6-8-12-9/h9,12H,3-8H2,1-2H3. The van der Waals surface area contributed by atoms with Crippen molar-refractivity contribution < 1.29 is 4.39 Å². The molecule has 1 fully saturated rings. The summed E-state index contributed by atoms with van der Waals surface area (Å²) in [4.78, 5) is 0. The number of hydrogen-bond donors (Lipinski definition) is 1.